The molecule has 1 aliphatic heterocycles. The maximum absolute atomic E-state index is 14.4. The zero-order valence-electron chi connectivity index (χ0n) is 38.4. The van der Waals surface area contributed by atoms with Gasteiger partial charge in [-0.25, -0.2) is 9.78 Å². The van der Waals surface area contributed by atoms with E-state index < -0.39 is 48.3 Å². The molecule has 4 amide bonds. The molecule has 1 fully saturated rings. The maximum Gasteiger partial charge on any atom is 0.357 e. The number of ether oxygens (including phenoxy) is 3. The number of carbonyl (C=O) groups is 5. The van der Waals surface area contributed by atoms with Crippen LogP contribution in [0.2, 0.25) is 0 Å². The van der Waals surface area contributed by atoms with Crippen molar-refractivity contribution in [1.82, 2.24) is 30.3 Å². The summed E-state index contributed by atoms with van der Waals surface area (Å²) in [6.45, 7) is 14.3. The van der Waals surface area contributed by atoms with Crippen molar-refractivity contribution >= 4 is 53.6 Å². The summed E-state index contributed by atoms with van der Waals surface area (Å²) < 4.78 is 17.3. The highest BCUT2D eigenvalue weighted by atomic mass is 32.1. The van der Waals surface area contributed by atoms with Crippen LogP contribution in [0.1, 0.15) is 101 Å². The van der Waals surface area contributed by atoms with Crippen LogP contribution in [0.3, 0.4) is 0 Å². The van der Waals surface area contributed by atoms with E-state index in [0.717, 1.165) is 18.4 Å². The number of methoxy groups -OCH3 is 2. The van der Waals surface area contributed by atoms with Gasteiger partial charge in [0.05, 0.1) is 48.7 Å². The summed E-state index contributed by atoms with van der Waals surface area (Å²) in [6.07, 6.45) is 1.27. The van der Waals surface area contributed by atoms with Crippen LogP contribution in [-0.4, -0.2) is 140 Å². The molecule has 342 valence electrons. The van der Waals surface area contributed by atoms with Crippen molar-refractivity contribution in [2.45, 2.75) is 123 Å². The summed E-state index contributed by atoms with van der Waals surface area (Å²) in [5.74, 6) is -1.89. The lowest BCUT2D eigenvalue weighted by Crippen LogP contribution is -2.59. The monoisotopic (exact) mass is 888 g/mol. The lowest BCUT2D eigenvalue weighted by Gasteiger charge is -2.41. The summed E-state index contributed by atoms with van der Waals surface area (Å²) in [5, 5.41) is 8.42. The highest BCUT2D eigenvalue weighted by molar-refractivity contribution is 7.80. The van der Waals surface area contributed by atoms with Crippen molar-refractivity contribution in [3.63, 3.8) is 0 Å². The number of hydrogen-bond acceptors (Lipinski definition) is 12. The van der Waals surface area contributed by atoms with Crippen LogP contribution < -0.4 is 10.6 Å². The fourth-order valence-electron chi connectivity index (χ4n) is 8.52. The summed E-state index contributed by atoms with van der Waals surface area (Å²) in [6, 6.07) is 7.14. The Bertz CT molecular complexity index is 1700. The second-order valence-corrected chi connectivity index (χ2v) is 18.5. The van der Waals surface area contributed by atoms with E-state index in [1.807, 2.05) is 90.9 Å². The molecule has 1 saturated heterocycles. The number of aromatic nitrogens is 1. The number of nitrogens with zero attached hydrogens (tertiary/aromatic N) is 4. The first-order valence-corrected chi connectivity index (χ1v) is 23.1. The van der Waals surface area contributed by atoms with Crippen molar-refractivity contribution in [1.29, 1.82) is 0 Å². The third kappa shape index (κ3) is 14.0. The Morgan fingerprint density at radius 1 is 0.951 bits per heavy atom. The number of carbonyl (C=O) groups excluding carboxylic acids is 5. The van der Waals surface area contributed by atoms with Gasteiger partial charge in [0.15, 0.2) is 5.69 Å². The Morgan fingerprint density at radius 3 is 2.18 bits per heavy atom. The fourth-order valence-corrected chi connectivity index (χ4v) is 9.45. The summed E-state index contributed by atoms with van der Waals surface area (Å²) in [4.78, 5) is 78.9. The predicted molar refractivity (Wildman–Crippen MR) is 242 cm³/mol. The van der Waals surface area contributed by atoms with Gasteiger partial charge in [0, 0.05) is 38.9 Å². The molecule has 0 spiro atoms. The molecule has 1 aromatic carbocycles. The van der Waals surface area contributed by atoms with Crippen LogP contribution in [0.5, 0.6) is 0 Å². The first-order valence-electron chi connectivity index (χ1n) is 21.6. The van der Waals surface area contributed by atoms with E-state index in [4.69, 9.17) is 14.2 Å². The average Bonchev–Trinajstić information content (AvgIpc) is 3.92. The van der Waals surface area contributed by atoms with Gasteiger partial charge in [-0.05, 0) is 56.7 Å². The van der Waals surface area contributed by atoms with E-state index in [-0.39, 0.29) is 66.1 Å². The molecule has 9 atom stereocenters. The maximum atomic E-state index is 14.4. The normalized spacial score (nSPS) is 18.2. The van der Waals surface area contributed by atoms with Gasteiger partial charge in [0.1, 0.15) is 17.7 Å². The first-order chi connectivity index (χ1) is 28.9. The molecule has 2 aromatic rings. The van der Waals surface area contributed by atoms with Gasteiger partial charge >= 0.3 is 5.97 Å². The van der Waals surface area contributed by atoms with Crippen molar-refractivity contribution in [3.8, 4) is 0 Å². The molecule has 0 radical (unpaired) electrons. The minimum atomic E-state index is -0.777. The smallest absolute Gasteiger partial charge is 0.357 e. The Morgan fingerprint density at radius 2 is 1.62 bits per heavy atom. The van der Waals surface area contributed by atoms with Gasteiger partial charge in [-0.15, -0.1) is 11.3 Å². The van der Waals surface area contributed by atoms with Crippen LogP contribution in [0.4, 0.5) is 0 Å². The average molecular weight is 889 g/mol. The van der Waals surface area contributed by atoms with Crippen molar-refractivity contribution in [2.75, 3.05) is 54.3 Å². The molecule has 0 aliphatic carbocycles. The number of benzene rings is 1. The lowest BCUT2D eigenvalue weighted by atomic mass is 9.89. The van der Waals surface area contributed by atoms with Crippen molar-refractivity contribution in [3.05, 3.63) is 52.0 Å². The number of likely N-dealkylation sites (tertiary alicyclic amines) is 1. The topological polar surface area (TPSA) is 160 Å². The number of nitrogens with one attached hydrogen (secondary N) is 2. The molecule has 2 N–H and O–H groups in total. The van der Waals surface area contributed by atoms with Gasteiger partial charge in [0.2, 0.25) is 23.6 Å². The third-order valence-corrected chi connectivity index (χ3v) is 13.0. The quantitative estimate of drug-likeness (QED) is 0.0936. The molecule has 1 aromatic heterocycles. The summed E-state index contributed by atoms with van der Waals surface area (Å²) in [5.41, 5.74) is 1.15. The number of rotatable bonds is 24. The minimum Gasteiger partial charge on any atom is -0.460 e. The van der Waals surface area contributed by atoms with Crippen LogP contribution in [0.25, 0.3) is 0 Å². The van der Waals surface area contributed by atoms with Gasteiger partial charge in [-0.2, -0.15) is 12.6 Å². The zero-order chi connectivity index (χ0) is 45.6. The van der Waals surface area contributed by atoms with Gasteiger partial charge < -0.3 is 34.6 Å². The number of esters is 1. The lowest BCUT2D eigenvalue weighted by molar-refractivity contribution is -0.148. The molecule has 0 saturated carbocycles. The molecular weight excluding hydrogens is 817 g/mol. The van der Waals surface area contributed by atoms with E-state index in [0.29, 0.717) is 30.1 Å². The van der Waals surface area contributed by atoms with Crippen molar-refractivity contribution < 1.29 is 38.2 Å². The SMILES string of the molecule is CC[C@H](C)[C@@H]([C@@H](CC(=O)N1CCC[C@H]1[C@H](OC)[C@@H](C)C(=O)N[C@@H](Cc1ccccc1)c1nc(C(=O)OCCS)cs1)OC)N(C)C(=O)[C@@H](NC(=O)[C@H](C(C)C)N(C)C)C(C)C. The summed E-state index contributed by atoms with van der Waals surface area (Å²) >= 11 is 5.39. The Labute approximate surface area is 373 Å². The van der Waals surface area contributed by atoms with E-state index in [2.05, 4.69) is 28.2 Å². The minimum absolute atomic E-state index is 0.00730. The van der Waals surface area contributed by atoms with Crippen molar-refractivity contribution in [2.24, 2.45) is 23.7 Å². The molecule has 14 nitrogen and oxygen atoms in total. The second kappa shape index (κ2) is 24.9. The Hall–Kier alpha value is -3.57. The van der Waals surface area contributed by atoms with Gasteiger partial charge in [-0.1, -0.05) is 85.2 Å². The molecular formula is C45H72N6O8S2. The molecule has 3 rings (SSSR count). The second-order valence-electron chi connectivity index (χ2n) is 17.2. The number of thiol groups is 1. The summed E-state index contributed by atoms with van der Waals surface area (Å²) in [7, 11) is 8.56. The van der Waals surface area contributed by atoms with Crippen LogP contribution >= 0.6 is 24.0 Å². The number of amides is 4. The zero-order valence-corrected chi connectivity index (χ0v) is 40.1. The third-order valence-electron chi connectivity index (χ3n) is 11.9. The fraction of sp³-hybridized carbons (Fsp3) is 0.689. The molecule has 0 unspecified atom stereocenters. The Kier molecular flexibility index (Phi) is 21.1. The van der Waals surface area contributed by atoms with E-state index >= 15 is 0 Å². The molecule has 61 heavy (non-hydrogen) atoms. The number of likely N-dealkylation sites (N-methyl/N-ethyl adjacent to an activating group) is 2. The number of thiazole rings is 1. The highest BCUT2D eigenvalue weighted by Gasteiger charge is 2.43. The largest absolute Gasteiger partial charge is 0.460 e. The van der Waals surface area contributed by atoms with Gasteiger partial charge in [0.25, 0.3) is 0 Å². The highest BCUT2D eigenvalue weighted by Crippen LogP contribution is 2.31. The van der Waals surface area contributed by atoms with E-state index in [1.54, 1.807) is 43.4 Å². The predicted octanol–water partition coefficient (Wildman–Crippen LogP) is 5.28. The van der Waals surface area contributed by atoms with Gasteiger partial charge in [-0.3, -0.25) is 24.1 Å². The van der Waals surface area contributed by atoms with Crippen LogP contribution in [0.15, 0.2) is 35.7 Å². The molecule has 1 aliphatic rings. The first kappa shape index (κ1) is 51.8. The molecule has 0 bridgehead atoms. The molecule has 2 heterocycles. The van der Waals surface area contributed by atoms with E-state index in [9.17, 15) is 24.0 Å². The number of hydrogen-bond donors (Lipinski definition) is 3. The van der Waals surface area contributed by atoms with E-state index in [1.165, 1.54) is 11.3 Å². The molecule has 16 heteroatoms. The van der Waals surface area contributed by atoms with Crippen LogP contribution in [-0.2, 0) is 39.8 Å². The van der Waals surface area contributed by atoms with Crippen LogP contribution in [0, 0.1) is 23.7 Å². The standard InChI is InChI=1S/C45H72N6O8S2/c1-13-29(6)39(50(10)44(55)37(27(2)3)48-42(54)38(28(4)5)49(8)9)35(57-11)25-36(52)51-21-17-20-34(51)40(58-12)30(7)41(53)46-32(24-31-18-15-14-16-19-31)43-47-33(26-61-43)45(56)59-22-23-60/h14-16,18-19,26-30,32,34-35,37-40,60H,13,17,20-25H2,1-12H3,(H,46,53)(H,48,54)/t29-,30+,32-,34-,35+,37-,38-,39-,40+/m0/s1. The Balaban J connectivity index is 1.82.